The van der Waals surface area contributed by atoms with Gasteiger partial charge in [0.25, 0.3) is 0 Å². The lowest BCUT2D eigenvalue weighted by Crippen LogP contribution is -2.01. The molecule has 0 aliphatic heterocycles. The van der Waals surface area contributed by atoms with E-state index >= 15 is 0 Å². The Morgan fingerprint density at radius 3 is 2.60 bits per heavy atom. The minimum atomic E-state index is 0.133. The summed E-state index contributed by atoms with van der Waals surface area (Å²) in [4.78, 5) is 2.54. The molecule has 0 aliphatic rings. The maximum absolute atomic E-state index is 5.85. The van der Waals surface area contributed by atoms with Crippen LogP contribution in [-0.2, 0) is 0 Å². The molecule has 2 aromatic rings. The molecule has 0 radical (unpaired) electrons. The molecule has 2 N–H and O–H groups in total. The summed E-state index contributed by atoms with van der Waals surface area (Å²) < 4.78 is 0. The van der Waals surface area contributed by atoms with Gasteiger partial charge in [-0.1, -0.05) is 29.8 Å². The summed E-state index contributed by atoms with van der Waals surface area (Å²) in [5.74, 6) is 0. The topological polar surface area (TPSA) is 26.0 Å². The van der Waals surface area contributed by atoms with Crippen molar-refractivity contribution in [2.24, 2.45) is 5.73 Å². The Bertz CT molecular complexity index is 457. The zero-order valence-corrected chi connectivity index (χ0v) is 9.84. The Hall–Kier alpha value is -1.12. The van der Waals surface area contributed by atoms with Crippen molar-refractivity contribution in [1.82, 2.24) is 0 Å². The van der Waals surface area contributed by atoms with Crippen LogP contribution >= 0.6 is 11.3 Å². The van der Waals surface area contributed by atoms with Gasteiger partial charge >= 0.3 is 0 Å². The van der Waals surface area contributed by atoms with Gasteiger partial charge in [0.15, 0.2) is 0 Å². The van der Waals surface area contributed by atoms with Crippen LogP contribution in [0.1, 0.15) is 23.4 Å². The molecule has 0 saturated carbocycles. The average Bonchev–Trinajstić information content (AvgIpc) is 2.66. The van der Waals surface area contributed by atoms with Gasteiger partial charge in [-0.25, -0.2) is 0 Å². The zero-order valence-electron chi connectivity index (χ0n) is 9.03. The highest BCUT2D eigenvalue weighted by atomic mass is 32.1. The first-order valence-electron chi connectivity index (χ1n) is 5.09. The van der Waals surface area contributed by atoms with E-state index < -0.39 is 0 Å². The Labute approximate surface area is 94.6 Å². The van der Waals surface area contributed by atoms with Crippen LogP contribution in [0.3, 0.4) is 0 Å². The summed E-state index contributed by atoms with van der Waals surface area (Å²) in [5, 5.41) is 0. The normalized spacial score (nSPS) is 12.7. The molecule has 1 atom stereocenters. The molecule has 0 aliphatic carbocycles. The highest BCUT2D eigenvalue weighted by Crippen LogP contribution is 2.30. The Kier molecular flexibility index (Phi) is 2.89. The molecule has 1 aromatic carbocycles. The van der Waals surface area contributed by atoms with Gasteiger partial charge in [-0.15, -0.1) is 11.3 Å². The van der Waals surface area contributed by atoms with Gasteiger partial charge in [0, 0.05) is 15.8 Å². The lowest BCUT2D eigenvalue weighted by atomic mass is 10.1. The third kappa shape index (κ3) is 2.28. The van der Waals surface area contributed by atoms with Crippen molar-refractivity contribution in [2.45, 2.75) is 19.9 Å². The Balaban J connectivity index is 2.37. The maximum atomic E-state index is 5.85. The third-order valence-corrected chi connectivity index (χ3v) is 3.71. The maximum Gasteiger partial charge on any atom is 0.0361 e. The van der Waals surface area contributed by atoms with E-state index in [9.17, 15) is 0 Å². The van der Waals surface area contributed by atoms with E-state index in [1.807, 2.05) is 6.92 Å². The molecule has 15 heavy (non-hydrogen) atoms. The molecule has 0 fully saturated rings. The Morgan fingerprint density at radius 2 is 2.00 bits per heavy atom. The van der Waals surface area contributed by atoms with Gasteiger partial charge in [-0.2, -0.15) is 0 Å². The summed E-state index contributed by atoms with van der Waals surface area (Å²) in [6.45, 7) is 4.13. The molecule has 0 bridgehead atoms. The molecule has 1 aromatic heterocycles. The molecule has 78 valence electrons. The van der Waals surface area contributed by atoms with Crippen molar-refractivity contribution in [3.63, 3.8) is 0 Å². The fourth-order valence-electron chi connectivity index (χ4n) is 1.55. The second-order valence-corrected chi connectivity index (χ2v) is 4.98. The lowest BCUT2D eigenvalue weighted by Gasteiger charge is -2.00. The SMILES string of the molecule is Cc1cccc(-c2ccc(C(C)N)s2)c1. The zero-order chi connectivity index (χ0) is 10.8. The summed E-state index contributed by atoms with van der Waals surface area (Å²) >= 11 is 1.78. The number of thiophene rings is 1. The van der Waals surface area contributed by atoms with Crippen molar-refractivity contribution in [3.05, 3.63) is 46.8 Å². The highest BCUT2D eigenvalue weighted by Gasteiger charge is 2.05. The molecule has 0 amide bonds. The number of nitrogens with two attached hydrogens (primary N) is 1. The van der Waals surface area contributed by atoms with Crippen molar-refractivity contribution in [3.8, 4) is 10.4 Å². The number of aryl methyl sites for hydroxylation is 1. The molecule has 1 nitrogen and oxygen atoms in total. The van der Waals surface area contributed by atoms with Crippen LogP contribution in [0.2, 0.25) is 0 Å². The monoisotopic (exact) mass is 217 g/mol. The van der Waals surface area contributed by atoms with Gasteiger partial charge in [-0.05, 0) is 31.5 Å². The second kappa shape index (κ2) is 4.17. The lowest BCUT2D eigenvalue weighted by molar-refractivity contribution is 0.838. The van der Waals surface area contributed by atoms with Crippen molar-refractivity contribution in [2.75, 3.05) is 0 Å². The largest absolute Gasteiger partial charge is 0.324 e. The summed E-state index contributed by atoms with van der Waals surface area (Å²) in [7, 11) is 0. The van der Waals surface area contributed by atoms with Crippen LogP contribution in [0.25, 0.3) is 10.4 Å². The van der Waals surface area contributed by atoms with Crippen molar-refractivity contribution >= 4 is 11.3 Å². The van der Waals surface area contributed by atoms with Crippen LogP contribution < -0.4 is 5.73 Å². The van der Waals surface area contributed by atoms with Crippen LogP contribution in [0.15, 0.2) is 36.4 Å². The first-order valence-corrected chi connectivity index (χ1v) is 5.91. The van der Waals surface area contributed by atoms with Gasteiger partial charge in [0.2, 0.25) is 0 Å². The first kappa shape index (κ1) is 10.4. The third-order valence-electron chi connectivity index (χ3n) is 2.38. The number of benzene rings is 1. The van der Waals surface area contributed by atoms with E-state index in [1.165, 1.54) is 20.9 Å². The fourth-order valence-corrected chi connectivity index (χ4v) is 2.51. The van der Waals surface area contributed by atoms with E-state index in [4.69, 9.17) is 5.73 Å². The fraction of sp³-hybridized carbons (Fsp3) is 0.231. The predicted octanol–water partition coefficient (Wildman–Crippen LogP) is 3.74. The molecular weight excluding hydrogens is 202 g/mol. The minimum Gasteiger partial charge on any atom is -0.324 e. The van der Waals surface area contributed by atoms with Crippen molar-refractivity contribution < 1.29 is 0 Å². The van der Waals surface area contributed by atoms with Gasteiger partial charge < -0.3 is 5.73 Å². The van der Waals surface area contributed by atoms with Crippen LogP contribution in [0.5, 0.6) is 0 Å². The number of hydrogen-bond donors (Lipinski definition) is 1. The van der Waals surface area contributed by atoms with Gasteiger partial charge in [-0.3, -0.25) is 0 Å². The molecule has 1 heterocycles. The van der Waals surface area contributed by atoms with Gasteiger partial charge in [0.05, 0.1) is 0 Å². The number of rotatable bonds is 2. The molecule has 2 rings (SSSR count). The van der Waals surface area contributed by atoms with Crippen LogP contribution in [-0.4, -0.2) is 0 Å². The Morgan fingerprint density at radius 1 is 1.20 bits per heavy atom. The van der Waals surface area contributed by atoms with Crippen LogP contribution in [0.4, 0.5) is 0 Å². The second-order valence-electron chi connectivity index (χ2n) is 3.86. The molecule has 0 spiro atoms. The standard InChI is InChI=1S/C13H15NS/c1-9-4-3-5-11(8-9)13-7-6-12(15-13)10(2)14/h3-8,10H,14H2,1-2H3. The predicted molar refractivity (Wildman–Crippen MR) is 67.1 cm³/mol. The highest BCUT2D eigenvalue weighted by molar-refractivity contribution is 7.15. The van der Waals surface area contributed by atoms with E-state index in [1.54, 1.807) is 11.3 Å². The minimum absolute atomic E-state index is 0.133. The van der Waals surface area contributed by atoms with Crippen LogP contribution in [0, 0.1) is 6.92 Å². The van der Waals surface area contributed by atoms with E-state index in [-0.39, 0.29) is 6.04 Å². The average molecular weight is 217 g/mol. The molecule has 2 heteroatoms. The summed E-state index contributed by atoms with van der Waals surface area (Å²) in [5.41, 5.74) is 8.42. The van der Waals surface area contributed by atoms with E-state index in [2.05, 4.69) is 43.3 Å². The molecular formula is C13H15NS. The smallest absolute Gasteiger partial charge is 0.0361 e. The quantitative estimate of drug-likeness (QED) is 0.814. The van der Waals surface area contributed by atoms with Gasteiger partial charge in [0.1, 0.15) is 0 Å². The molecule has 0 saturated heterocycles. The number of hydrogen-bond acceptors (Lipinski definition) is 2. The van der Waals surface area contributed by atoms with E-state index in [0.29, 0.717) is 0 Å². The summed E-state index contributed by atoms with van der Waals surface area (Å²) in [6, 6.07) is 13.0. The molecule has 1 unspecified atom stereocenters. The summed E-state index contributed by atoms with van der Waals surface area (Å²) in [6.07, 6.45) is 0. The first-order chi connectivity index (χ1) is 7.16. The van der Waals surface area contributed by atoms with E-state index in [0.717, 1.165) is 0 Å². The van der Waals surface area contributed by atoms with Crippen molar-refractivity contribution in [1.29, 1.82) is 0 Å².